The molecule has 2 N–H and O–H groups in total. The van der Waals surface area contributed by atoms with Crippen LogP contribution in [0.3, 0.4) is 0 Å². The van der Waals surface area contributed by atoms with Crippen LogP contribution in [-0.2, 0) is 23.0 Å². The minimum absolute atomic E-state index is 0.234. The second kappa shape index (κ2) is 6.94. The standard InChI is InChI=1S/C21H20ClN5O2S/c1-12-9-17-18(10-13(12)2)24-21(23-17)20-16-7-8-27(11-19(16)25-26-20)30(28,29)15-5-3-14(22)4-6-15/h3-6,9-10H,7-8,11H2,1-2H3,(H,23,24)(H,25,26). The molecule has 5 rings (SSSR count). The molecule has 0 fully saturated rings. The quantitative estimate of drug-likeness (QED) is 0.503. The van der Waals surface area contributed by atoms with E-state index in [2.05, 4.69) is 41.2 Å². The lowest BCUT2D eigenvalue weighted by atomic mass is 10.1. The molecule has 3 heterocycles. The van der Waals surface area contributed by atoms with E-state index in [9.17, 15) is 8.42 Å². The van der Waals surface area contributed by atoms with Crippen LogP contribution in [0, 0.1) is 13.8 Å². The number of halogens is 1. The minimum Gasteiger partial charge on any atom is -0.337 e. The van der Waals surface area contributed by atoms with Gasteiger partial charge in [-0.1, -0.05) is 11.6 Å². The zero-order valence-corrected chi connectivity index (χ0v) is 18.1. The zero-order valence-electron chi connectivity index (χ0n) is 16.5. The number of sulfonamides is 1. The summed E-state index contributed by atoms with van der Waals surface area (Å²) in [6.45, 7) is 4.76. The molecular weight excluding hydrogens is 422 g/mol. The number of hydrogen-bond acceptors (Lipinski definition) is 4. The van der Waals surface area contributed by atoms with Crippen molar-refractivity contribution in [1.82, 2.24) is 24.5 Å². The molecule has 0 atom stereocenters. The molecule has 0 saturated heterocycles. The topological polar surface area (TPSA) is 94.7 Å². The second-order valence-corrected chi connectivity index (χ2v) is 9.99. The number of imidazole rings is 1. The number of nitrogens with one attached hydrogen (secondary N) is 2. The molecule has 2 aromatic carbocycles. The van der Waals surface area contributed by atoms with Gasteiger partial charge in [-0.2, -0.15) is 9.40 Å². The van der Waals surface area contributed by atoms with Crippen LogP contribution >= 0.6 is 11.6 Å². The summed E-state index contributed by atoms with van der Waals surface area (Å²) >= 11 is 5.89. The average molecular weight is 442 g/mol. The summed E-state index contributed by atoms with van der Waals surface area (Å²) in [6, 6.07) is 10.4. The number of aromatic amines is 2. The lowest BCUT2D eigenvalue weighted by molar-refractivity contribution is 0.387. The molecule has 0 radical (unpaired) electrons. The Hall–Kier alpha value is -2.68. The summed E-state index contributed by atoms with van der Waals surface area (Å²) < 4.78 is 27.5. The maximum absolute atomic E-state index is 13.0. The third-order valence-electron chi connectivity index (χ3n) is 5.67. The Bertz CT molecular complexity index is 1330. The number of aryl methyl sites for hydroxylation is 2. The van der Waals surface area contributed by atoms with E-state index in [1.54, 1.807) is 12.1 Å². The normalized spacial score (nSPS) is 14.9. The molecule has 9 heteroatoms. The predicted molar refractivity (Wildman–Crippen MR) is 116 cm³/mol. The number of aromatic nitrogens is 4. The first-order valence-corrected chi connectivity index (χ1v) is 11.4. The SMILES string of the molecule is Cc1cc2nc(-c3n[nH]c4c3CCN(S(=O)(=O)c3ccc(Cl)cc3)C4)[nH]c2cc1C. The van der Waals surface area contributed by atoms with E-state index >= 15 is 0 Å². The Balaban J connectivity index is 1.47. The molecule has 1 aliphatic rings. The van der Waals surface area contributed by atoms with Crippen LogP contribution in [0.15, 0.2) is 41.3 Å². The highest BCUT2D eigenvalue weighted by molar-refractivity contribution is 7.89. The van der Waals surface area contributed by atoms with E-state index < -0.39 is 10.0 Å². The van der Waals surface area contributed by atoms with E-state index in [1.165, 1.54) is 27.6 Å². The van der Waals surface area contributed by atoms with Gasteiger partial charge in [0.05, 0.1) is 28.2 Å². The van der Waals surface area contributed by atoms with Crippen molar-refractivity contribution in [3.8, 4) is 11.5 Å². The summed E-state index contributed by atoms with van der Waals surface area (Å²) in [6.07, 6.45) is 0.559. The Labute approximate surface area is 179 Å². The molecule has 1 aliphatic heterocycles. The van der Waals surface area contributed by atoms with Gasteiger partial charge in [0, 0.05) is 17.1 Å². The lowest BCUT2D eigenvalue weighted by Crippen LogP contribution is -2.36. The zero-order chi connectivity index (χ0) is 21.0. The molecule has 154 valence electrons. The highest BCUT2D eigenvalue weighted by Crippen LogP contribution is 2.31. The molecule has 0 bridgehead atoms. The molecule has 2 aromatic heterocycles. The molecule has 7 nitrogen and oxygen atoms in total. The summed E-state index contributed by atoms with van der Waals surface area (Å²) in [4.78, 5) is 8.29. The first-order chi connectivity index (χ1) is 14.3. The fourth-order valence-corrected chi connectivity index (χ4v) is 5.37. The van der Waals surface area contributed by atoms with Crippen molar-refractivity contribution in [1.29, 1.82) is 0 Å². The van der Waals surface area contributed by atoms with Crippen molar-refractivity contribution in [2.75, 3.05) is 6.54 Å². The van der Waals surface area contributed by atoms with Crippen LogP contribution in [0.2, 0.25) is 5.02 Å². The van der Waals surface area contributed by atoms with Crippen molar-refractivity contribution in [2.24, 2.45) is 0 Å². The third-order valence-corrected chi connectivity index (χ3v) is 7.78. The molecular formula is C21H20ClN5O2S. The first kappa shape index (κ1) is 19.3. The Morgan fingerprint density at radius 1 is 1.10 bits per heavy atom. The van der Waals surface area contributed by atoms with E-state index in [-0.39, 0.29) is 11.4 Å². The van der Waals surface area contributed by atoms with Gasteiger partial charge in [0.15, 0.2) is 5.82 Å². The van der Waals surface area contributed by atoms with Gasteiger partial charge in [0.2, 0.25) is 10.0 Å². The van der Waals surface area contributed by atoms with E-state index in [0.717, 1.165) is 28.0 Å². The predicted octanol–water partition coefficient (Wildman–Crippen LogP) is 3.97. The number of hydrogen-bond donors (Lipinski definition) is 2. The number of nitrogens with zero attached hydrogens (tertiary/aromatic N) is 3. The summed E-state index contributed by atoms with van der Waals surface area (Å²) in [7, 11) is -3.60. The maximum atomic E-state index is 13.0. The number of fused-ring (bicyclic) bond motifs is 2. The number of benzene rings is 2. The number of rotatable bonds is 3. The van der Waals surface area contributed by atoms with Gasteiger partial charge < -0.3 is 4.98 Å². The van der Waals surface area contributed by atoms with E-state index in [0.29, 0.717) is 23.8 Å². The van der Waals surface area contributed by atoms with Crippen LogP contribution in [0.4, 0.5) is 0 Å². The summed E-state index contributed by atoms with van der Waals surface area (Å²) in [5, 5.41) is 7.97. The molecule has 0 aliphatic carbocycles. The minimum atomic E-state index is -3.60. The van der Waals surface area contributed by atoms with Gasteiger partial charge in [-0.3, -0.25) is 5.10 Å². The van der Waals surface area contributed by atoms with Crippen molar-refractivity contribution in [3.05, 3.63) is 63.8 Å². The molecule has 0 saturated carbocycles. The van der Waals surface area contributed by atoms with E-state index in [4.69, 9.17) is 16.6 Å². The molecule has 4 aromatic rings. The smallest absolute Gasteiger partial charge is 0.243 e. The van der Waals surface area contributed by atoms with Crippen molar-refractivity contribution >= 4 is 32.7 Å². The second-order valence-electron chi connectivity index (χ2n) is 7.61. The third kappa shape index (κ3) is 3.12. The fraction of sp³-hybridized carbons (Fsp3) is 0.238. The number of H-pyrrole nitrogens is 2. The van der Waals surface area contributed by atoms with Gasteiger partial charge in [0.1, 0.15) is 5.69 Å². The molecule has 30 heavy (non-hydrogen) atoms. The van der Waals surface area contributed by atoms with Gasteiger partial charge >= 0.3 is 0 Å². The van der Waals surface area contributed by atoms with Crippen LogP contribution in [0.5, 0.6) is 0 Å². The molecule has 0 spiro atoms. The largest absolute Gasteiger partial charge is 0.337 e. The van der Waals surface area contributed by atoms with Crippen molar-refractivity contribution < 1.29 is 8.42 Å². The Morgan fingerprint density at radius 3 is 2.60 bits per heavy atom. The van der Waals surface area contributed by atoms with Crippen LogP contribution < -0.4 is 0 Å². The summed E-state index contributed by atoms with van der Waals surface area (Å²) in [5.41, 5.74) is 6.80. The molecule has 0 amide bonds. The molecule has 0 unspecified atom stereocenters. The monoisotopic (exact) mass is 441 g/mol. The van der Waals surface area contributed by atoms with Crippen LogP contribution in [0.1, 0.15) is 22.4 Å². The maximum Gasteiger partial charge on any atom is 0.243 e. The highest BCUT2D eigenvalue weighted by Gasteiger charge is 2.31. The Morgan fingerprint density at radius 2 is 1.83 bits per heavy atom. The van der Waals surface area contributed by atoms with E-state index in [1.807, 2.05) is 0 Å². The summed E-state index contributed by atoms with van der Waals surface area (Å²) in [5.74, 6) is 0.696. The van der Waals surface area contributed by atoms with Crippen LogP contribution in [0.25, 0.3) is 22.6 Å². The average Bonchev–Trinajstić information content (AvgIpc) is 3.31. The first-order valence-electron chi connectivity index (χ1n) is 9.62. The van der Waals surface area contributed by atoms with Gasteiger partial charge in [-0.25, -0.2) is 13.4 Å². The fourth-order valence-electron chi connectivity index (χ4n) is 3.83. The van der Waals surface area contributed by atoms with Gasteiger partial charge in [-0.15, -0.1) is 0 Å². The van der Waals surface area contributed by atoms with Crippen molar-refractivity contribution in [3.63, 3.8) is 0 Å². The van der Waals surface area contributed by atoms with Crippen molar-refractivity contribution in [2.45, 2.75) is 31.7 Å². The Kier molecular flexibility index (Phi) is 4.46. The van der Waals surface area contributed by atoms with Gasteiger partial charge in [0.25, 0.3) is 0 Å². The van der Waals surface area contributed by atoms with Gasteiger partial charge in [-0.05, 0) is 67.8 Å². The lowest BCUT2D eigenvalue weighted by Gasteiger charge is -2.26. The van der Waals surface area contributed by atoms with Crippen LogP contribution in [-0.4, -0.2) is 39.4 Å². The highest BCUT2D eigenvalue weighted by atomic mass is 35.5.